The van der Waals surface area contributed by atoms with Gasteiger partial charge in [-0.15, -0.1) is 0 Å². The Labute approximate surface area is 120 Å². The highest BCUT2D eigenvalue weighted by molar-refractivity contribution is 5.79. The molecule has 0 N–H and O–H groups in total. The highest BCUT2D eigenvalue weighted by atomic mass is 16.5. The predicted molar refractivity (Wildman–Crippen MR) is 77.5 cm³/mol. The number of carbonyl (C=O) groups is 1. The molecule has 3 rings (SSSR count). The van der Waals surface area contributed by atoms with Gasteiger partial charge in [0.25, 0.3) is 0 Å². The van der Waals surface area contributed by atoms with Crippen molar-refractivity contribution in [3.8, 4) is 0 Å². The van der Waals surface area contributed by atoms with Gasteiger partial charge in [0.2, 0.25) is 5.91 Å². The summed E-state index contributed by atoms with van der Waals surface area (Å²) in [6.07, 6.45) is 1.76. The Morgan fingerprint density at radius 2 is 2.10 bits per heavy atom. The van der Waals surface area contributed by atoms with Gasteiger partial charge in [-0.25, -0.2) is 0 Å². The van der Waals surface area contributed by atoms with Gasteiger partial charge in [-0.3, -0.25) is 9.69 Å². The molecule has 0 bridgehead atoms. The Hall–Kier alpha value is -1.39. The van der Waals surface area contributed by atoms with Crippen molar-refractivity contribution < 1.29 is 9.53 Å². The van der Waals surface area contributed by atoms with Crippen LogP contribution >= 0.6 is 0 Å². The molecule has 0 saturated carbocycles. The first-order chi connectivity index (χ1) is 9.74. The number of rotatable bonds is 2. The highest BCUT2D eigenvalue weighted by Gasteiger charge is 2.36. The zero-order valence-corrected chi connectivity index (χ0v) is 12.0. The molecule has 2 heterocycles. The minimum atomic E-state index is 0.230. The van der Waals surface area contributed by atoms with Crippen LogP contribution in [0.3, 0.4) is 0 Å². The largest absolute Gasteiger partial charge is 0.375 e. The van der Waals surface area contributed by atoms with Crippen LogP contribution in [-0.4, -0.2) is 61.1 Å². The molecule has 2 aliphatic heterocycles. The maximum Gasteiger partial charge on any atom is 0.227 e. The van der Waals surface area contributed by atoms with E-state index in [2.05, 4.69) is 11.9 Å². The van der Waals surface area contributed by atoms with Gasteiger partial charge in [-0.1, -0.05) is 30.3 Å². The van der Waals surface area contributed by atoms with E-state index in [1.165, 1.54) is 0 Å². The fourth-order valence-electron chi connectivity index (χ4n) is 3.15. The lowest BCUT2D eigenvalue weighted by Gasteiger charge is -2.45. The molecule has 108 valence electrons. The number of fused-ring (bicyclic) bond motifs is 1. The molecule has 20 heavy (non-hydrogen) atoms. The number of morpholine rings is 1. The first-order valence-corrected chi connectivity index (χ1v) is 7.37. The molecule has 1 amide bonds. The molecule has 0 spiro atoms. The fraction of sp³-hybridized carbons (Fsp3) is 0.562. The third-order valence-corrected chi connectivity index (χ3v) is 4.41. The SMILES string of the molecule is CN1CCOC2CCN(C(=O)Cc3ccccc3)C[C@@H]21. The van der Waals surface area contributed by atoms with Crippen LogP contribution in [0.1, 0.15) is 12.0 Å². The molecule has 2 fully saturated rings. The van der Waals surface area contributed by atoms with E-state index in [1.54, 1.807) is 0 Å². The Balaban J connectivity index is 1.62. The van der Waals surface area contributed by atoms with Crippen LogP contribution in [-0.2, 0) is 16.0 Å². The number of benzene rings is 1. The third-order valence-electron chi connectivity index (χ3n) is 4.41. The number of carbonyl (C=O) groups excluding carboxylic acids is 1. The van der Waals surface area contributed by atoms with Crippen LogP contribution in [0.2, 0.25) is 0 Å². The van der Waals surface area contributed by atoms with Crippen LogP contribution < -0.4 is 0 Å². The number of amides is 1. The zero-order valence-electron chi connectivity index (χ0n) is 12.0. The second-order valence-corrected chi connectivity index (χ2v) is 5.75. The number of likely N-dealkylation sites (tertiary alicyclic amines) is 1. The molecule has 0 aromatic heterocycles. The molecule has 4 heteroatoms. The van der Waals surface area contributed by atoms with E-state index in [1.807, 2.05) is 35.2 Å². The van der Waals surface area contributed by atoms with E-state index in [0.29, 0.717) is 18.6 Å². The smallest absolute Gasteiger partial charge is 0.227 e. The summed E-state index contributed by atoms with van der Waals surface area (Å²) in [6.45, 7) is 3.39. The first kappa shape index (κ1) is 13.6. The van der Waals surface area contributed by atoms with E-state index in [-0.39, 0.29) is 5.91 Å². The molecule has 1 unspecified atom stereocenters. The van der Waals surface area contributed by atoms with Crippen LogP contribution in [0.5, 0.6) is 0 Å². The second kappa shape index (κ2) is 5.94. The second-order valence-electron chi connectivity index (χ2n) is 5.75. The lowest BCUT2D eigenvalue weighted by molar-refractivity contribution is -0.140. The molecular formula is C16H22N2O2. The summed E-state index contributed by atoms with van der Waals surface area (Å²) in [5.41, 5.74) is 1.09. The molecule has 2 saturated heterocycles. The van der Waals surface area contributed by atoms with Gasteiger partial charge in [-0.2, -0.15) is 0 Å². The standard InChI is InChI=1S/C16H22N2O2/c1-17-9-10-20-15-7-8-18(12-14(15)17)16(19)11-13-5-3-2-4-6-13/h2-6,14-15H,7-12H2,1H3/t14-,15?/m0/s1. The monoisotopic (exact) mass is 274 g/mol. The lowest BCUT2D eigenvalue weighted by Crippen LogP contribution is -2.59. The number of hydrogen-bond donors (Lipinski definition) is 0. The summed E-state index contributed by atoms with van der Waals surface area (Å²) < 4.78 is 5.82. The summed E-state index contributed by atoms with van der Waals surface area (Å²) in [7, 11) is 2.13. The predicted octanol–water partition coefficient (Wildman–Crippen LogP) is 1.16. The van der Waals surface area contributed by atoms with Crippen molar-refractivity contribution in [2.75, 3.05) is 33.3 Å². The third kappa shape index (κ3) is 2.86. The number of nitrogens with zero attached hydrogens (tertiary/aromatic N) is 2. The van der Waals surface area contributed by atoms with Crippen LogP contribution in [0.15, 0.2) is 30.3 Å². The summed E-state index contributed by atoms with van der Waals surface area (Å²) in [5, 5.41) is 0. The van der Waals surface area contributed by atoms with E-state index in [0.717, 1.165) is 38.2 Å². The first-order valence-electron chi connectivity index (χ1n) is 7.37. The minimum Gasteiger partial charge on any atom is -0.375 e. The van der Waals surface area contributed by atoms with Crippen molar-refractivity contribution in [3.05, 3.63) is 35.9 Å². The molecule has 0 radical (unpaired) electrons. The van der Waals surface area contributed by atoms with Gasteiger partial charge in [0.1, 0.15) is 0 Å². The molecule has 4 nitrogen and oxygen atoms in total. The van der Waals surface area contributed by atoms with Crippen molar-refractivity contribution in [1.29, 1.82) is 0 Å². The summed E-state index contributed by atoms with van der Waals surface area (Å²) in [6, 6.07) is 10.3. The Kier molecular flexibility index (Phi) is 4.03. The molecule has 1 aromatic carbocycles. The zero-order chi connectivity index (χ0) is 13.9. The molecule has 0 aliphatic carbocycles. The van der Waals surface area contributed by atoms with Gasteiger partial charge in [-0.05, 0) is 19.0 Å². The normalized spacial score (nSPS) is 27.1. The van der Waals surface area contributed by atoms with Crippen molar-refractivity contribution in [2.24, 2.45) is 0 Å². The Bertz CT molecular complexity index is 463. The summed E-state index contributed by atoms with van der Waals surface area (Å²) in [4.78, 5) is 16.7. The van der Waals surface area contributed by atoms with E-state index < -0.39 is 0 Å². The van der Waals surface area contributed by atoms with Crippen molar-refractivity contribution in [1.82, 2.24) is 9.80 Å². The summed E-state index contributed by atoms with van der Waals surface area (Å²) >= 11 is 0. The maximum absolute atomic E-state index is 12.4. The number of ether oxygens (including phenoxy) is 1. The van der Waals surface area contributed by atoms with Gasteiger partial charge < -0.3 is 9.64 Å². The number of hydrogen-bond acceptors (Lipinski definition) is 3. The average molecular weight is 274 g/mol. The van der Waals surface area contributed by atoms with Crippen LogP contribution in [0.4, 0.5) is 0 Å². The minimum absolute atomic E-state index is 0.230. The quantitative estimate of drug-likeness (QED) is 0.811. The Morgan fingerprint density at radius 3 is 2.90 bits per heavy atom. The van der Waals surface area contributed by atoms with Crippen LogP contribution in [0, 0.1) is 0 Å². The molecule has 2 atom stereocenters. The van der Waals surface area contributed by atoms with E-state index in [4.69, 9.17) is 4.74 Å². The van der Waals surface area contributed by atoms with Gasteiger partial charge in [0.15, 0.2) is 0 Å². The van der Waals surface area contributed by atoms with E-state index >= 15 is 0 Å². The van der Waals surface area contributed by atoms with Crippen molar-refractivity contribution in [2.45, 2.75) is 25.0 Å². The summed E-state index contributed by atoms with van der Waals surface area (Å²) in [5.74, 6) is 0.230. The lowest BCUT2D eigenvalue weighted by atomic mass is 9.98. The van der Waals surface area contributed by atoms with Gasteiger partial charge >= 0.3 is 0 Å². The van der Waals surface area contributed by atoms with Gasteiger partial charge in [0.05, 0.1) is 25.2 Å². The fourth-order valence-corrected chi connectivity index (χ4v) is 3.15. The molecule has 2 aliphatic rings. The van der Waals surface area contributed by atoms with Crippen LogP contribution in [0.25, 0.3) is 0 Å². The average Bonchev–Trinajstić information content (AvgIpc) is 2.48. The topological polar surface area (TPSA) is 32.8 Å². The van der Waals surface area contributed by atoms with Crippen molar-refractivity contribution in [3.63, 3.8) is 0 Å². The molecule has 1 aromatic rings. The molecular weight excluding hydrogens is 252 g/mol. The number of likely N-dealkylation sites (N-methyl/N-ethyl adjacent to an activating group) is 1. The van der Waals surface area contributed by atoms with Gasteiger partial charge in [0, 0.05) is 19.6 Å². The van der Waals surface area contributed by atoms with E-state index in [9.17, 15) is 4.79 Å². The number of piperidine rings is 1. The maximum atomic E-state index is 12.4. The van der Waals surface area contributed by atoms with Crippen molar-refractivity contribution >= 4 is 5.91 Å². The Morgan fingerprint density at radius 1 is 1.30 bits per heavy atom. The highest BCUT2D eigenvalue weighted by Crippen LogP contribution is 2.22.